The fourth-order valence-corrected chi connectivity index (χ4v) is 2.95. The van der Waals surface area contributed by atoms with Crippen molar-refractivity contribution in [1.29, 1.82) is 0 Å². The maximum atomic E-state index is 13.6. The number of para-hydroxylation sites is 1. The third kappa shape index (κ3) is 3.52. The third-order valence-electron chi connectivity index (χ3n) is 4.30. The largest absolute Gasteiger partial charge is 0.491 e. The summed E-state index contributed by atoms with van der Waals surface area (Å²) in [6, 6.07) is 12.6. The number of fused-ring (bicyclic) bond motifs is 1. The van der Waals surface area contributed by atoms with E-state index < -0.39 is 11.6 Å². The minimum atomic E-state index is -0.950. The maximum Gasteiger partial charge on any atom is 0.257 e. The van der Waals surface area contributed by atoms with E-state index in [1.807, 2.05) is 24.3 Å². The Morgan fingerprint density at radius 1 is 0.897 bits per heavy atom. The molecule has 0 fully saturated rings. The predicted octanol–water partition coefficient (Wildman–Crippen LogP) is 4.73. The van der Waals surface area contributed by atoms with E-state index in [0.717, 1.165) is 17.5 Å². The zero-order valence-electron chi connectivity index (χ0n) is 15.6. The van der Waals surface area contributed by atoms with Crippen LogP contribution in [0.1, 0.15) is 0 Å². The van der Waals surface area contributed by atoms with Crippen LogP contribution in [0.2, 0.25) is 0 Å². The lowest BCUT2D eigenvalue weighted by molar-refractivity contribution is 0.344. The summed E-state index contributed by atoms with van der Waals surface area (Å²) < 4.78 is 37.6. The van der Waals surface area contributed by atoms with Crippen molar-refractivity contribution in [3.05, 3.63) is 66.4 Å². The number of benzene rings is 2. The van der Waals surface area contributed by atoms with Crippen LogP contribution in [-0.4, -0.2) is 29.2 Å². The van der Waals surface area contributed by atoms with Crippen LogP contribution in [0.5, 0.6) is 11.6 Å². The molecule has 0 amide bonds. The fraction of sp³-hybridized carbons (Fsp3) is 0.0952. The monoisotopic (exact) mass is 394 g/mol. The minimum Gasteiger partial charge on any atom is -0.491 e. The van der Waals surface area contributed by atoms with E-state index in [4.69, 9.17) is 9.47 Å². The highest BCUT2D eigenvalue weighted by molar-refractivity contribution is 5.92. The highest BCUT2D eigenvalue weighted by atomic mass is 19.2. The molecule has 0 unspecified atom stereocenters. The summed E-state index contributed by atoms with van der Waals surface area (Å²) in [6.45, 7) is 0. The SMILES string of the molecule is COc1nccc(-c2nc(Nc3ccc(F)c(F)c3)c3ccccc3n2)c1OC. The highest BCUT2D eigenvalue weighted by Gasteiger charge is 2.17. The smallest absolute Gasteiger partial charge is 0.257 e. The molecule has 2 heterocycles. The molecule has 4 rings (SSSR count). The van der Waals surface area contributed by atoms with Gasteiger partial charge in [-0.05, 0) is 30.3 Å². The molecule has 0 bridgehead atoms. The quantitative estimate of drug-likeness (QED) is 0.528. The van der Waals surface area contributed by atoms with Crippen LogP contribution in [0.4, 0.5) is 20.3 Å². The van der Waals surface area contributed by atoms with Crippen molar-refractivity contribution in [2.24, 2.45) is 0 Å². The van der Waals surface area contributed by atoms with Crippen LogP contribution < -0.4 is 14.8 Å². The number of hydrogen-bond acceptors (Lipinski definition) is 6. The predicted molar refractivity (Wildman–Crippen MR) is 106 cm³/mol. The maximum absolute atomic E-state index is 13.6. The number of aromatic nitrogens is 3. The standard InChI is InChI=1S/C21H16F2N4O2/c1-28-18-14(9-10-24-21(18)29-2)20-26-17-6-4-3-5-13(17)19(27-20)25-12-7-8-15(22)16(23)11-12/h3-11H,1-2H3,(H,25,26,27). The number of rotatable bonds is 5. The lowest BCUT2D eigenvalue weighted by Gasteiger charge is -2.14. The average Bonchev–Trinajstić information content (AvgIpc) is 2.75. The Morgan fingerprint density at radius 3 is 2.48 bits per heavy atom. The second kappa shape index (κ2) is 7.67. The lowest BCUT2D eigenvalue weighted by atomic mass is 10.2. The molecule has 2 aromatic carbocycles. The molecule has 0 radical (unpaired) electrons. The van der Waals surface area contributed by atoms with Gasteiger partial charge in [-0.3, -0.25) is 0 Å². The van der Waals surface area contributed by atoms with E-state index in [1.54, 1.807) is 12.3 Å². The molecule has 6 nitrogen and oxygen atoms in total. The lowest BCUT2D eigenvalue weighted by Crippen LogP contribution is -2.02. The molecular weight excluding hydrogens is 378 g/mol. The molecule has 2 aromatic heterocycles. The van der Waals surface area contributed by atoms with Crippen molar-refractivity contribution < 1.29 is 18.3 Å². The number of pyridine rings is 1. The number of ether oxygens (including phenoxy) is 2. The molecule has 146 valence electrons. The summed E-state index contributed by atoms with van der Waals surface area (Å²) in [6.07, 6.45) is 1.57. The Balaban J connectivity index is 1.88. The van der Waals surface area contributed by atoms with Gasteiger partial charge in [0.25, 0.3) is 5.88 Å². The van der Waals surface area contributed by atoms with Crippen molar-refractivity contribution in [2.75, 3.05) is 19.5 Å². The summed E-state index contributed by atoms with van der Waals surface area (Å²) in [4.78, 5) is 13.3. The topological polar surface area (TPSA) is 69.2 Å². The van der Waals surface area contributed by atoms with Crippen LogP contribution >= 0.6 is 0 Å². The van der Waals surface area contributed by atoms with E-state index in [-0.39, 0.29) is 0 Å². The number of methoxy groups -OCH3 is 2. The van der Waals surface area contributed by atoms with Gasteiger partial charge in [0, 0.05) is 23.3 Å². The number of nitrogens with one attached hydrogen (secondary N) is 1. The summed E-state index contributed by atoms with van der Waals surface area (Å²) in [5.41, 5.74) is 1.61. The zero-order valence-corrected chi connectivity index (χ0v) is 15.6. The van der Waals surface area contributed by atoms with Crippen LogP contribution in [-0.2, 0) is 0 Å². The van der Waals surface area contributed by atoms with Crippen molar-refractivity contribution in [3.8, 4) is 23.0 Å². The summed E-state index contributed by atoms with van der Waals surface area (Å²) >= 11 is 0. The zero-order chi connectivity index (χ0) is 20.4. The normalized spacial score (nSPS) is 10.8. The molecule has 1 N–H and O–H groups in total. The van der Waals surface area contributed by atoms with Gasteiger partial charge < -0.3 is 14.8 Å². The first-order chi connectivity index (χ1) is 14.1. The van der Waals surface area contributed by atoms with E-state index in [1.165, 1.54) is 20.3 Å². The van der Waals surface area contributed by atoms with Gasteiger partial charge in [-0.2, -0.15) is 0 Å². The second-order valence-electron chi connectivity index (χ2n) is 6.07. The Morgan fingerprint density at radius 2 is 1.72 bits per heavy atom. The molecule has 0 saturated carbocycles. The van der Waals surface area contributed by atoms with Gasteiger partial charge in [-0.25, -0.2) is 23.7 Å². The summed E-state index contributed by atoms with van der Waals surface area (Å²) in [5, 5.41) is 3.77. The Bertz CT molecular complexity index is 1200. The minimum absolute atomic E-state index is 0.303. The average molecular weight is 394 g/mol. The Kier molecular flexibility index (Phi) is 4.90. The molecule has 4 aromatic rings. The van der Waals surface area contributed by atoms with Crippen LogP contribution in [0.15, 0.2) is 54.7 Å². The number of nitrogens with zero attached hydrogens (tertiary/aromatic N) is 3. The van der Waals surface area contributed by atoms with E-state index >= 15 is 0 Å². The molecule has 0 aliphatic heterocycles. The Labute approximate surface area is 165 Å². The third-order valence-corrected chi connectivity index (χ3v) is 4.30. The van der Waals surface area contributed by atoms with Gasteiger partial charge in [-0.15, -0.1) is 0 Å². The van der Waals surface area contributed by atoms with Gasteiger partial charge in [0.05, 0.1) is 25.3 Å². The summed E-state index contributed by atoms with van der Waals surface area (Å²) in [5.74, 6) is -0.367. The molecule has 0 aliphatic rings. The van der Waals surface area contributed by atoms with Gasteiger partial charge in [0.2, 0.25) is 0 Å². The van der Waals surface area contributed by atoms with Crippen molar-refractivity contribution in [1.82, 2.24) is 15.0 Å². The van der Waals surface area contributed by atoms with Crippen LogP contribution in [0.25, 0.3) is 22.3 Å². The first-order valence-corrected chi connectivity index (χ1v) is 8.67. The molecule has 0 spiro atoms. The second-order valence-corrected chi connectivity index (χ2v) is 6.07. The summed E-state index contributed by atoms with van der Waals surface area (Å²) in [7, 11) is 3.00. The first-order valence-electron chi connectivity index (χ1n) is 8.67. The van der Waals surface area contributed by atoms with Crippen LogP contribution in [0, 0.1) is 11.6 Å². The number of hydrogen-bond donors (Lipinski definition) is 1. The van der Waals surface area contributed by atoms with E-state index in [9.17, 15) is 8.78 Å². The van der Waals surface area contributed by atoms with Crippen LogP contribution in [0.3, 0.4) is 0 Å². The van der Waals surface area contributed by atoms with E-state index in [2.05, 4.69) is 20.3 Å². The molecule has 8 heteroatoms. The number of anilines is 2. The van der Waals surface area contributed by atoms with Crippen molar-refractivity contribution in [3.63, 3.8) is 0 Å². The van der Waals surface area contributed by atoms with Crippen molar-refractivity contribution in [2.45, 2.75) is 0 Å². The highest BCUT2D eigenvalue weighted by Crippen LogP contribution is 2.36. The van der Waals surface area contributed by atoms with Gasteiger partial charge in [-0.1, -0.05) is 12.1 Å². The molecule has 0 aliphatic carbocycles. The fourth-order valence-electron chi connectivity index (χ4n) is 2.95. The van der Waals surface area contributed by atoms with Gasteiger partial charge in [0.15, 0.2) is 23.2 Å². The van der Waals surface area contributed by atoms with Gasteiger partial charge in [0.1, 0.15) is 5.82 Å². The molecule has 0 saturated heterocycles. The Hall–Kier alpha value is -3.81. The first kappa shape index (κ1) is 18.5. The molecular formula is C21H16F2N4O2. The van der Waals surface area contributed by atoms with E-state index in [0.29, 0.717) is 40.0 Å². The molecule has 29 heavy (non-hydrogen) atoms. The number of halogens is 2. The molecule has 0 atom stereocenters. The van der Waals surface area contributed by atoms with Crippen molar-refractivity contribution >= 4 is 22.4 Å². The van der Waals surface area contributed by atoms with Gasteiger partial charge >= 0.3 is 0 Å².